The zero-order valence-corrected chi connectivity index (χ0v) is 17.4. The van der Waals surface area contributed by atoms with E-state index in [2.05, 4.69) is 4.98 Å². The second-order valence-electron chi connectivity index (χ2n) is 5.56. The van der Waals surface area contributed by atoms with Crippen molar-refractivity contribution in [1.82, 2.24) is 9.29 Å². The smallest absolute Gasteiger partial charge is 0.368 e. The predicted molar refractivity (Wildman–Crippen MR) is 103 cm³/mol. The summed E-state index contributed by atoms with van der Waals surface area (Å²) in [6.07, 6.45) is 1.63. The molecule has 1 atom stereocenters. The van der Waals surface area contributed by atoms with Gasteiger partial charge in [0, 0.05) is 30.6 Å². The Balaban J connectivity index is 0.000000326. The minimum absolute atomic E-state index is 0.0386. The molecule has 0 saturated carbocycles. The summed E-state index contributed by atoms with van der Waals surface area (Å²) in [5, 5.41) is 19.8. The number of imide groups is 1. The molecule has 15 heteroatoms. The van der Waals surface area contributed by atoms with Crippen LogP contribution >= 0.6 is 21.6 Å². The fourth-order valence-corrected chi connectivity index (χ4v) is 4.62. The lowest BCUT2D eigenvalue weighted by Crippen LogP contribution is -2.34. The van der Waals surface area contributed by atoms with Gasteiger partial charge < -0.3 is 5.11 Å². The second-order valence-corrected chi connectivity index (χ2v) is 9.48. The number of aliphatic carboxylic acids is 1. The number of aromatic nitrogens is 1. The van der Waals surface area contributed by atoms with E-state index in [9.17, 15) is 32.9 Å². The van der Waals surface area contributed by atoms with Gasteiger partial charge in [0.15, 0.2) is 0 Å². The Kier molecular flexibility index (Phi) is 9.48. The number of carboxylic acid groups (broad SMARTS) is 1. The number of hydrogen-bond donors (Lipinski definition) is 2. The minimum atomic E-state index is -4.67. The maximum Gasteiger partial charge on any atom is 0.368 e. The third-order valence-corrected chi connectivity index (χ3v) is 6.96. The predicted octanol–water partition coefficient (Wildman–Crippen LogP) is 1.92. The topological polar surface area (TPSA) is 185 Å². The van der Waals surface area contributed by atoms with Crippen LogP contribution in [0.15, 0.2) is 23.4 Å². The number of nitro groups is 1. The SMILES string of the molecule is CC(CCC(=O)O)SSc1ccc([N+](=O)[O-])cn1.O=C1CCC(=O)N1S(=O)(=O)O. The highest BCUT2D eigenvalue weighted by molar-refractivity contribution is 8.76. The molecule has 160 valence electrons. The number of carboxylic acids is 1. The van der Waals surface area contributed by atoms with Gasteiger partial charge in [-0.3, -0.25) is 29.1 Å². The van der Waals surface area contributed by atoms with Gasteiger partial charge >= 0.3 is 16.3 Å². The lowest BCUT2D eigenvalue weighted by atomic mass is 10.2. The lowest BCUT2D eigenvalue weighted by Gasteiger charge is -2.07. The van der Waals surface area contributed by atoms with Gasteiger partial charge in [-0.2, -0.15) is 12.7 Å². The molecular weight excluding hydrogens is 450 g/mol. The highest BCUT2D eigenvalue weighted by atomic mass is 33.1. The molecule has 0 bridgehead atoms. The first-order valence-electron chi connectivity index (χ1n) is 7.90. The summed E-state index contributed by atoms with van der Waals surface area (Å²) in [6.45, 7) is 1.94. The van der Waals surface area contributed by atoms with Crippen LogP contribution in [0.2, 0.25) is 0 Å². The summed E-state index contributed by atoms with van der Waals surface area (Å²) in [5.41, 5.74) is -0.0386. The Morgan fingerprint density at radius 3 is 2.31 bits per heavy atom. The van der Waals surface area contributed by atoms with Gasteiger partial charge in [0.2, 0.25) is 11.8 Å². The van der Waals surface area contributed by atoms with Gasteiger partial charge in [-0.15, -0.1) is 0 Å². The molecule has 1 fully saturated rings. The number of carbonyl (C=O) groups is 3. The van der Waals surface area contributed by atoms with Crippen molar-refractivity contribution in [2.45, 2.75) is 42.9 Å². The molecular formula is C14H17N3O9S3. The van der Waals surface area contributed by atoms with Gasteiger partial charge in [0.1, 0.15) is 11.2 Å². The van der Waals surface area contributed by atoms with E-state index in [1.807, 2.05) is 6.92 Å². The zero-order valence-electron chi connectivity index (χ0n) is 15.0. The Labute approximate surface area is 173 Å². The molecule has 29 heavy (non-hydrogen) atoms. The molecule has 2 N–H and O–H groups in total. The highest BCUT2D eigenvalue weighted by Gasteiger charge is 2.37. The van der Waals surface area contributed by atoms with Crippen LogP contribution in [0.1, 0.15) is 32.6 Å². The summed E-state index contributed by atoms with van der Waals surface area (Å²) in [6, 6.07) is 2.98. The fraction of sp³-hybridized carbons (Fsp3) is 0.429. The van der Waals surface area contributed by atoms with Gasteiger partial charge in [0.25, 0.3) is 5.69 Å². The minimum Gasteiger partial charge on any atom is -0.481 e. The van der Waals surface area contributed by atoms with Crippen LogP contribution in [0, 0.1) is 10.1 Å². The molecule has 12 nitrogen and oxygen atoms in total. The number of hydrogen-bond acceptors (Lipinski definition) is 10. The van der Waals surface area contributed by atoms with Crippen LogP contribution in [0.3, 0.4) is 0 Å². The summed E-state index contributed by atoms with van der Waals surface area (Å²) < 4.78 is 28.8. The number of pyridine rings is 1. The maximum atomic E-state index is 10.6. The molecule has 1 aliphatic rings. The van der Waals surface area contributed by atoms with Crippen LogP contribution in [0.5, 0.6) is 0 Å². The Bertz CT molecular complexity index is 858. The van der Waals surface area contributed by atoms with E-state index in [1.165, 1.54) is 33.9 Å². The van der Waals surface area contributed by atoms with Gasteiger partial charge in [-0.25, -0.2) is 4.98 Å². The summed E-state index contributed by atoms with van der Waals surface area (Å²) >= 11 is 0. The van der Waals surface area contributed by atoms with Crippen LogP contribution in [-0.4, -0.2) is 55.3 Å². The standard InChI is InChI=1S/C10H12N2O4S2.C4H5NO5S/c1-7(2-5-10(13)14)17-18-9-4-3-8(6-11-9)12(15)16;6-3-1-2-4(7)5(3)11(8,9)10/h3-4,6-7H,2,5H2,1H3,(H,13,14);1-2H2,(H,8,9,10). The Hall–Kier alpha value is -2.23. The van der Waals surface area contributed by atoms with Crippen LogP contribution in [-0.2, 0) is 24.7 Å². The average Bonchev–Trinajstić information content (AvgIpc) is 2.97. The highest BCUT2D eigenvalue weighted by Crippen LogP contribution is 2.35. The van der Waals surface area contributed by atoms with Gasteiger partial charge in [-0.05, 0) is 23.3 Å². The van der Waals surface area contributed by atoms with Crippen molar-refractivity contribution in [3.05, 3.63) is 28.4 Å². The van der Waals surface area contributed by atoms with E-state index in [0.717, 1.165) is 0 Å². The average molecular weight is 468 g/mol. The molecule has 0 aromatic carbocycles. The largest absolute Gasteiger partial charge is 0.481 e. The Morgan fingerprint density at radius 2 is 1.93 bits per heavy atom. The van der Waals surface area contributed by atoms with Gasteiger partial charge in [-0.1, -0.05) is 17.7 Å². The monoisotopic (exact) mass is 467 g/mol. The molecule has 0 aliphatic carbocycles. The van der Waals surface area contributed by atoms with E-state index in [1.54, 1.807) is 6.07 Å². The molecule has 1 saturated heterocycles. The van der Waals surface area contributed by atoms with Crippen LogP contribution in [0.25, 0.3) is 0 Å². The number of rotatable bonds is 8. The molecule has 1 unspecified atom stereocenters. The first-order chi connectivity index (χ1) is 13.4. The van der Waals surface area contributed by atoms with E-state index < -0.39 is 33.0 Å². The van der Waals surface area contributed by atoms with Crippen LogP contribution < -0.4 is 0 Å². The van der Waals surface area contributed by atoms with Crippen molar-refractivity contribution in [1.29, 1.82) is 0 Å². The zero-order chi connectivity index (χ0) is 22.2. The van der Waals surface area contributed by atoms with Crippen molar-refractivity contribution in [3.8, 4) is 0 Å². The molecule has 0 spiro atoms. The molecule has 2 heterocycles. The first kappa shape index (κ1) is 24.8. The van der Waals surface area contributed by atoms with E-state index in [4.69, 9.17) is 9.66 Å². The number of amides is 2. The molecule has 1 aromatic heterocycles. The quantitative estimate of drug-likeness (QED) is 0.186. The van der Waals surface area contributed by atoms with E-state index in [-0.39, 0.29) is 34.5 Å². The molecule has 2 amide bonds. The van der Waals surface area contributed by atoms with Crippen molar-refractivity contribution in [2.75, 3.05) is 0 Å². The third-order valence-electron chi connectivity index (χ3n) is 3.23. The van der Waals surface area contributed by atoms with Crippen molar-refractivity contribution < 1.29 is 37.4 Å². The molecule has 0 radical (unpaired) electrons. The number of nitrogens with zero attached hydrogens (tertiary/aromatic N) is 3. The number of carbonyl (C=O) groups excluding carboxylic acids is 2. The summed E-state index contributed by atoms with van der Waals surface area (Å²) in [4.78, 5) is 45.5. The normalized spacial score (nSPS) is 14.9. The Morgan fingerprint density at radius 1 is 1.34 bits per heavy atom. The maximum absolute atomic E-state index is 10.6. The molecule has 1 aliphatic heterocycles. The van der Waals surface area contributed by atoms with E-state index >= 15 is 0 Å². The molecule has 2 rings (SSSR count). The summed E-state index contributed by atoms with van der Waals surface area (Å²) in [7, 11) is -1.77. The molecule has 1 aromatic rings. The third kappa shape index (κ3) is 8.76. The second kappa shape index (κ2) is 11.1. The van der Waals surface area contributed by atoms with Crippen LogP contribution in [0.4, 0.5) is 5.69 Å². The first-order valence-corrected chi connectivity index (χ1v) is 11.5. The van der Waals surface area contributed by atoms with E-state index in [0.29, 0.717) is 11.4 Å². The van der Waals surface area contributed by atoms with Crippen molar-refractivity contribution in [2.24, 2.45) is 0 Å². The van der Waals surface area contributed by atoms with Gasteiger partial charge in [0.05, 0.1) is 4.92 Å². The lowest BCUT2D eigenvalue weighted by molar-refractivity contribution is -0.385. The van der Waals surface area contributed by atoms with Crippen molar-refractivity contribution >= 4 is 55.4 Å². The fourth-order valence-electron chi connectivity index (χ4n) is 1.85. The van der Waals surface area contributed by atoms with Crippen molar-refractivity contribution in [3.63, 3.8) is 0 Å². The summed E-state index contributed by atoms with van der Waals surface area (Å²) in [5.74, 6) is -2.56.